The van der Waals surface area contributed by atoms with Crippen LogP contribution in [0.4, 0.5) is 17.1 Å². The predicted molar refractivity (Wildman–Crippen MR) is 226 cm³/mol. The van der Waals surface area contributed by atoms with Crippen molar-refractivity contribution in [3.8, 4) is 63.9 Å². The van der Waals surface area contributed by atoms with E-state index in [0.717, 1.165) is 38.9 Å². The number of rotatable bonds is 7. The molecule has 8 heteroatoms. The first-order chi connectivity index (χ1) is 28.6. The molecule has 0 unspecified atom stereocenters. The average molecular weight is 741 g/mol. The van der Waals surface area contributed by atoms with Crippen LogP contribution in [0.25, 0.3) is 61.4 Å². The van der Waals surface area contributed by atoms with Crippen molar-refractivity contribution in [1.29, 1.82) is 21.0 Å². The number of benzene rings is 7. The molecule has 0 saturated heterocycles. The lowest BCUT2D eigenvalue weighted by Crippen LogP contribution is -2.09. The summed E-state index contributed by atoms with van der Waals surface area (Å²) in [6.45, 7) is 0. The Morgan fingerprint density at radius 2 is 0.931 bits per heavy atom. The summed E-state index contributed by atoms with van der Waals surface area (Å²) in [7, 11) is 0. The van der Waals surface area contributed by atoms with Crippen molar-refractivity contribution in [3.63, 3.8) is 0 Å². The van der Waals surface area contributed by atoms with Crippen molar-refractivity contribution in [3.05, 3.63) is 192 Å². The maximum atomic E-state index is 10.8. The maximum absolute atomic E-state index is 10.8. The molecule has 0 aliphatic rings. The van der Waals surface area contributed by atoms with Crippen molar-refractivity contribution >= 4 is 38.9 Å². The van der Waals surface area contributed by atoms with Gasteiger partial charge in [0, 0.05) is 44.5 Å². The Morgan fingerprint density at radius 3 is 1.59 bits per heavy atom. The zero-order valence-corrected chi connectivity index (χ0v) is 30.7. The highest BCUT2D eigenvalue weighted by atomic mass is 15.1. The fraction of sp³-hybridized carbons (Fsp3) is 0. The van der Waals surface area contributed by atoms with E-state index in [9.17, 15) is 21.0 Å². The second-order valence-electron chi connectivity index (χ2n) is 13.5. The zero-order chi connectivity index (χ0) is 39.6. The van der Waals surface area contributed by atoms with Crippen LogP contribution in [0.3, 0.4) is 0 Å². The summed E-state index contributed by atoms with van der Waals surface area (Å²) in [6.07, 6.45) is 0. The van der Waals surface area contributed by atoms with E-state index in [2.05, 4.69) is 77.7 Å². The first-order valence-corrected chi connectivity index (χ1v) is 18.4. The fourth-order valence-corrected chi connectivity index (χ4v) is 7.55. The lowest BCUT2D eigenvalue weighted by atomic mass is 9.97. The van der Waals surface area contributed by atoms with Gasteiger partial charge in [-0.15, -0.1) is 0 Å². The predicted octanol–water partition coefficient (Wildman–Crippen LogP) is 11.5. The van der Waals surface area contributed by atoms with Gasteiger partial charge < -0.3 is 9.47 Å². The minimum atomic E-state index is 0.252. The summed E-state index contributed by atoms with van der Waals surface area (Å²) in [5.74, 6) is 0.252. The Kier molecular flexibility index (Phi) is 8.90. The first-order valence-electron chi connectivity index (χ1n) is 18.4. The third-order valence-electron chi connectivity index (χ3n) is 10.2. The van der Waals surface area contributed by atoms with Crippen LogP contribution in [-0.4, -0.2) is 14.5 Å². The maximum Gasteiger partial charge on any atom is 0.161 e. The van der Waals surface area contributed by atoms with Crippen molar-refractivity contribution in [1.82, 2.24) is 14.5 Å². The largest absolute Gasteiger partial charge is 0.310 e. The van der Waals surface area contributed by atoms with Crippen LogP contribution in [0.15, 0.2) is 170 Å². The van der Waals surface area contributed by atoms with E-state index in [1.165, 1.54) is 0 Å². The van der Waals surface area contributed by atoms with E-state index in [1.54, 1.807) is 60.7 Å². The molecule has 0 bridgehead atoms. The molecule has 2 aromatic heterocycles. The van der Waals surface area contributed by atoms with Crippen LogP contribution in [0.1, 0.15) is 22.3 Å². The molecule has 0 aliphatic carbocycles. The van der Waals surface area contributed by atoms with Gasteiger partial charge in [0.05, 0.1) is 68.6 Å². The minimum Gasteiger partial charge on any atom is -0.310 e. The van der Waals surface area contributed by atoms with E-state index >= 15 is 0 Å². The SMILES string of the molecule is N#Cc1ccccc1-c1cc(-c2cc(C#N)c(-n3c4ccccc4c4cc(N(c5ccccc5)c5ccccc5)ccc43)cc2C#N)nc(-c2ccccc2C#N)n1. The fourth-order valence-electron chi connectivity index (χ4n) is 7.55. The second kappa shape index (κ2) is 14.8. The van der Waals surface area contributed by atoms with Gasteiger partial charge in [0.1, 0.15) is 6.07 Å². The van der Waals surface area contributed by atoms with Crippen molar-refractivity contribution in [2.24, 2.45) is 0 Å². The molecule has 7 aromatic carbocycles. The molecule has 58 heavy (non-hydrogen) atoms. The summed E-state index contributed by atoms with van der Waals surface area (Å²) in [5, 5.41) is 43.5. The Labute approximate surface area is 334 Å². The highest BCUT2D eigenvalue weighted by Crippen LogP contribution is 2.41. The van der Waals surface area contributed by atoms with Gasteiger partial charge in [-0.1, -0.05) is 84.9 Å². The summed E-state index contributed by atoms with van der Waals surface area (Å²) in [6, 6.07) is 63.3. The number of hydrogen-bond acceptors (Lipinski definition) is 7. The Morgan fingerprint density at radius 1 is 0.397 bits per heavy atom. The number of anilines is 3. The van der Waals surface area contributed by atoms with Crippen molar-refractivity contribution < 1.29 is 0 Å². The smallest absolute Gasteiger partial charge is 0.161 e. The van der Waals surface area contributed by atoms with Gasteiger partial charge in [0.15, 0.2) is 5.82 Å². The van der Waals surface area contributed by atoms with Crippen LogP contribution in [-0.2, 0) is 0 Å². The minimum absolute atomic E-state index is 0.252. The molecule has 2 heterocycles. The van der Waals surface area contributed by atoms with E-state index in [-0.39, 0.29) is 11.4 Å². The lowest BCUT2D eigenvalue weighted by molar-refractivity contribution is 1.15. The Balaban J connectivity index is 1.26. The van der Waals surface area contributed by atoms with Gasteiger partial charge in [-0.3, -0.25) is 0 Å². The molecule has 9 aromatic rings. The summed E-state index contributed by atoms with van der Waals surface area (Å²) in [5.41, 5.74) is 8.98. The topological polar surface area (TPSA) is 129 Å². The summed E-state index contributed by atoms with van der Waals surface area (Å²) in [4.78, 5) is 11.9. The van der Waals surface area contributed by atoms with E-state index in [1.807, 2.05) is 65.2 Å². The molecule has 0 saturated carbocycles. The van der Waals surface area contributed by atoms with Gasteiger partial charge >= 0.3 is 0 Å². The molecule has 0 spiro atoms. The van der Waals surface area contributed by atoms with E-state index in [0.29, 0.717) is 50.5 Å². The molecule has 0 radical (unpaired) electrons. The van der Waals surface area contributed by atoms with Crippen LogP contribution in [0.2, 0.25) is 0 Å². The van der Waals surface area contributed by atoms with Gasteiger partial charge in [-0.25, -0.2) is 9.97 Å². The van der Waals surface area contributed by atoms with E-state index in [4.69, 9.17) is 9.97 Å². The Hall–Kier alpha value is -8.82. The standard InChI is InChI=1S/C50H28N8/c51-29-33-13-7-9-19-40(33)45-28-46(56-50(55-45)41-20-10-8-14-34(41)30-52)43-25-36(32-54)49(26-35(43)31-53)58-47-22-12-11-21-42(47)44-27-39(23-24-48(44)58)57(37-15-3-1-4-16-37)38-17-5-2-6-18-38/h1-28H. The number of para-hydroxylation sites is 3. The van der Waals surface area contributed by atoms with Gasteiger partial charge in [0.2, 0.25) is 0 Å². The number of fused-ring (bicyclic) bond motifs is 3. The van der Waals surface area contributed by atoms with E-state index < -0.39 is 0 Å². The third kappa shape index (κ3) is 6.03. The molecule has 0 fully saturated rings. The molecule has 0 N–H and O–H groups in total. The lowest BCUT2D eigenvalue weighted by Gasteiger charge is -2.25. The van der Waals surface area contributed by atoms with Crippen molar-refractivity contribution in [2.75, 3.05) is 4.90 Å². The molecule has 0 amide bonds. The second-order valence-corrected chi connectivity index (χ2v) is 13.5. The summed E-state index contributed by atoms with van der Waals surface area (Å²) < 4.78 is 2.04. The summed E-state index contributed by atoms with van der Waals surface area (Å²) >= 11 is 0. The molecular weight excluding hydrogens is 713 g/mol. The molecule has 0 atom stereocenters. The van der Waals surface area contributed by atoms with Gasteiger partial charge in [-0.05, 0) is 84.9 Å². The van der Waals surface area contributed by atoms with Crippen LogP contribution >= 0.6 is 0 Å². The highest BCUT2D eigenvalue weighted by Gasteiger charge is 2.22. The number of nitriles is 4. The van der Waals surface area contributed by atoms with Gasteiger partial charge in [0.25, 0.3) is 0 Å². The molecular formula is C50H28N8. The van der Waals surface area contributed by atoms with Crippen molar-refractivity contribution in [2.45, 2.75) is 0 Å². The molecule has 268 valence electrons. The number of aromatic nitrogens is 3. The molecule has 9 rings (SSSR count). The highest BCUT2D eigenvalue weighted by molar-refractivity contribution is 6.11. The van der Waals surface area contributed by atoms with Gasteiger partial charge in [-0.2, -0.15) is 21.0 Å². The molecule has 8 nitrogen and oxygen atoms in total. The van der Waals surface area contributed by atoms with Crippen LogP contribution in [0, 0.1) is 45.3 Å². The average Bonchev–Trinajstić information content (AvgIpc) is 3.62. The molecule has 0 aliphatic heterocycles. The van der Waals surface area contributed by atoms with Crippen LogP contribution < -0.4 is 4.90 Å². The number of nitrogens with zero attached hydrogens (tertiary/aromatic N) is 8. The zero-order valence-electron chi connectivity index (χ0n) is 30.7. The quantitative estimate of drug-likeness (QED) is 0.159. The van der Waals surface area contributed by atoms with Crippen LogP contribution in [0.5, 0.6) is 0 Å². The monoisotopic (exact) mass is 740 g/mol. The Bertz CT molecular complexity index is 3110. The normalized spacial score (nSPS) is 10.7. The first kappa shape index (κ1) is 34.9. The number of hydrogen-bond donors (Lipinski definition) is 0. The third-order valence-corrected chi connectivity index (χ3v) is 10.2.